The highest BCUT2D eigenvalue weighted by Gasteiger charge is 2.13. The molecule has 0 radical (unpaired) electrons. The van der Waals surface area contributed by atoms with E-state index in [1.54, 1.807) is 25.3 Å². The van der Waals surface area contributed by atoms with Gasteiger partial charge in [0.2, 0.25) is 0 Å². The first kappa shape index (κ1) is 14.2. The summed E-state index contributed by atoms with van der Waals surface area (Å²) in [5, 5.41) is 9.80. The van der Waals surface area contributed by atoms with Gasteiger partial charge in [-0.25, -0.2) is 4.79 Å². The van der Waals surface area contributed by atoms with Crippen LogP contribution in [0.2, 0.25) is 0 Å². The average molecular weight is 279 g/mol. The van der Waals surface area contributed by atoms with Crippen molar-refractivity contribution in [1.29, 1.82) is 0 Å². The van der Waals surface area contributed by atoms with E-state index >= 15 is 0 Å². The lowest BCUT2D eigenvalue weighted by Gasteiger charge is -2.11. The highest BCUT2D eigenvalue weighted by molar-refractivity contribution is 5.96. The number of fused-ring (bicyclic) bond motifs is 1. The molecule has 0 saturated heterocycles. The third kappa shape index (κ3) is 3.03. The first-order valence-electron chi connectivity index (χ1n) is 6.37. The molecular weight excluding hydrogens is 260 g/mol. The van der Waals surface area contributed by atoms with Gasteiger partial charge >= 0.3 is 5.97 Å². The molecule has 2 rings (SSSR count). The zero-order chi connectivity index (χ0) is 14.7. The number of carbonyl (C=O) groups is 1. The molecule has 1 aromatic heterocycles. The second-order valence-corrected chi connectivity index (χ2v) is 4.88. The smallest absolute Gasteiger partial charge is 0.352 e. The van der Waals surface area contributed by atoms with Gasteiger partial charge in [-0.2, -0.15) is 0 Å². The molecule has 0 aliphatic rings. The molecule has 1 heterocycles. The van der Waals surface area contributed by atoms with Crippen LogP contribution in [0.15, 0.2) is 18.2 Å². The van der Waals surface area contributed by atoms with Crippen molar-refractivity contribution in [2.24, 2.45) is 0 Å². The molecule has 2 aromatic rings. The van der Waals surface area contributed by atoms with Gasteiger partial charge in [-0.3, -0.25) is 0 Å². The standard InChI is InChI=1S/C14H18N2O4/c1-16(2)4-5-20-12-8-10(19-3)6-9-7-11(14(17)18)15-13(9)12/h6-8,15H,4-5H2,1-3H3,(H,17,18)/p+1. The Morgan fingerprint density at radius 1 is 1.35 bits per heavy atom. The minimum Gasteiger partial charge on any atom is -0.497 e. The maximum atomic E-state index is 11.0. The predicted octanol–water partition coefficient (Wildman–Crippen LogP) is 0.398. The number of hydrogen-bond acceptors (Lipinski definition) is 3. The minimum atomic E-state index is -0.996. The minimum absolute atomic E-state index is 0.135. The Bertz CT molecular complexity index is 619. The first-order valence-corrected chi connectivity index (χ1v) is 6.37. The van der Waals surface area contributed by atoms with Gasteiger partial charge in [0, 0.05) is 11.5 Å². The van der Waals surface area contributed by atoms with E-state index in [1.807, 2.05) is 14.1 Å². The fraction of sp³-hybridized carbons (Fsp3) is 0.357. The number of carboxylic acids is 1. The van der Waals surface area contributed by atoms with Crippen molar-refractivity contribution < 1.29 is 24.3 Å². The lowest BCUT2D eigenvalue weighted by Crippen LogP contribution is -3.06. The van der Waals surface area contributed by atoms with Crippen LogP contribution in [0.1, 0.15) is 10.5 Å². The van der Waals surface area contributed by atoms with Gasteiger partial charge in [-0.15, -0.1) is 0 Å². The molecular formula is C14H19N2O4+. The number of methoxy groups -OCH3 is 1. The van der Waals surface area contributed by atoms with Gasteiger partial charge in [-0.1, -0.05) is 0 Å². The van der Waals surface area contributed by atoms with Crippen LogP contribution < -0.4 is 14.4 Å². The number of nitrogens with one attached hydrogen (secondary N) is 2. The Kier molecular flexibility index (Phi) is 4.14. The zero-order valence-corrected chi connectivity index (χ0v) is 11.8. The Morgan fingerprint density at radius 3 is 2.70 bits per heavy atom. The van der Waals surface area contributed by atoms with Crippen molar-refractivity contribution in [2.45, 2.75) is 0 Å². The number of ether oxygens (including phenoxy) is 2. The van der Waals surface area contributed by atoms with Crippen LogP contribution in [-0.2, 0) is 0 Å². The third-order valence-electron chi connectivity index (χ3n) is 2.99. The van der Waals surface area contributed by atoms with Gasteiger partial charge < -0.3 is 24.5 Å². The number of rotatable bonds is 6. The number of H-pyrrole nitrogens is 1. The first-order chi connectivity index (χ1) is 9.51. The number of benzene rings is 1. The monoisotopic (exact) mass is 279 g/mol. The molecule has 0 atom stereocenters. The van der Waals surface area contributed by atoms with Crippen molar-refractivity contribution in [3.63, 3.8) is 0 Å². The van der Waals surface area contributed by atoms with Gasteiger partial charge in [0.05, 0.1) is 26.7 Å². The van der Waals surface area contributed by atoms with E-state index in [1.165, 1.54) is 4.90 Å². The van der Waals surface area contributed by atoms with E-state index in [2.05, 4.69) is 4.98 Å². The summed E-state index contributed by atoms with van der Waals surface area (Å²) in [5.41, 5.74) is 0.813. The molecule has 1 aromatic carbocycles. The molecule has 0 fully saturated rings. The molecule has 0 aliphatic carbocycles. The molecule has 0 unspecified atom stereocenters. The van der Waals surface area contributed by atoms with Gasteiger partial charge in [0.1, 0.15) is 30.3 Å². The number of aromatic carboxylic acids is 1. The lowest BCUT2D eigenvalue weighted by molar-refractivity contribution is -0.858. The Hall–Kier alpha value is -2.21. The second kappa shape index (κ2) is 5.83. The number of likely N-dealkylation sites (N-methyl/N-ethyl adjacent to an activating group) is 1. The predicted molar refractivity (Wildman–Crippen MR) is 75.0 cm³/mol. The quantitative estimate of drug-likeness (QED) is 0.715. The molecule has 20 heavy (non-hydrogen) atoms. The summed E-state index contributed by atoms with van der Waals surface area (Å²) in [4.78, 5) is 15.2. The topological polar surface area (TPSA) is 76.0 Å². The fourth-order valence-corrected chi connectivity index (χ4v) is 1.90. The second-order valence-electron chi connectivity index (χ2n) is 4.88. The number of aromatic amines is 1. The Morgan fingerprint density at radius 2 is 2.10 bits per heavy atom. The Labute approximate surface area is 116 Å². The van der Waals surface area contributed by atoms with E-state index in [0.717, 1.165) is 11.9 Å². The van der Waals surface area contributed by atoms with Gasteiger partial charge in [-0.05, 0) is 12.1 Å². The average Bonchev–Trinajstić information content (AvgIpc) is 2.82. The van der Waals surface area contributed by atoms with Crippen LogP contribution in [0.3, 0.4) is 0 Å². The van der Waals surface area contributed by atoms with Crippen LogP contribution in [0.25, 0.3) is 10.9 Å². The van der Waals surface area contributed by atoms with E-state index in [9.17, 15) is 4.79 Å². The molecule has 6 heteroatoms. The highest BCUT2D eigenvalue weighted by Crippen LogP contribution is 2.31. The normalized spacial score (nSPS) is 11.0. The molecule has 6 nitrogen and oxygen atoms in total. The summed E-state index contributed by atoms with van der Waals surface area (Å²) in [5.74, 6) is 0.248. The zero-order valence-electron chi connectivity index (χ0n) is 11.8. The van der Waals surface area contributed by atoms with Crippen LogP contribution in [-0.4, -0.2) is 50.4 Å². The van der Waals surface area contributed by atoms with E-state index in [4.69, 9.17) is 14.6 Å². The molecule has 0 saturated carbocycles. The maximum absolute atomic E-state index is 11.0. The summed E-state index contributed by atoms with van der Waals surface area (Å²) in [6, 6.07) is 5.11. The summed E-state index contributed by atoms with van der Waals surface area (Å²) < 4.78 is 11.0. The number of aromatic nitrogens is 1. The van der Waals surface area contributed by atoms with Crippen LogP contribution in [0.5, 0.6) is 11.5 Å². The van der Waals surface area contributed by atoms with Crippen LogP contribution >= 0.6 is 0 Å². The van der Waals surface area contributed by atoms with Gasteiger partial charge in [0.15, 0.2) is 0 Å². The molecule has 0 bridgehead atoms. The fourth-order valence-electron chi connectivity index (χ4n) is 1.90. The molecule has 3 N–H and O–H groups in total. The van der Waals surface area contributed by atoms with Crippen molar-refractivity contribution >= 4 is 16.9 Å². The number of hydrogen-bond donors (Lipinski definition) is 3. The molecule has 108 valence electrons. The van der Waals surface area contributed by atoms with Crippen molar-refractivity contribution in [3.05, 3.63) is 23.9 Å². The van der Waals surface area contributed by atoms with Crippen molar-refractivity contribution in [2.75, 3.05) is 34.4 Å². The van der Waals surface area contributed by atoms with Gasteiger partial charge in [0.25, 0.3) is 0 Å². The van der Waals surface area contributed by atoms with E-state index < -0.39 is 5.97 Å². The van der Waals surface area contributed by atoms with Crippen molar-refractivity contribution in [1.82, 2.24) is 4.98 Å². The maximum Gasteiger partial charge on any atom is 0.352 e. The molecule has 0 spiro atoms. The SMILES string of the molecule is COc1cc(OCC[NH+](C)C)c2[nH]c(C(=O)O)cc2c1. The largest absolute Gasteiger partial charge is 0.497 e. The number of quaternary nitrogens is 1. The third-order valence-corrected chi connectivity index (χ3v) is 2.99. The summed E-state index contributed by atoms with van der Waals surface area (Å²) in [6.07, 6.45) is 0. The molecule has 0 aliphatic heterocycles. The summed E-state index contributed by atoms with van der Waals surface area (Å²) in [7, 11) is 5.66. The summed E-state index contributed by atoms with van der Waals surface area (Å²) in [6.45, 7) is 1.40. The van der Waals surface area contributed by atoms with Crippen molar-refractivity contribution in [3.8, 4) is 11.5 Å². The molecule has 0 amide bonds. The van der Waals surface area contributed by atoms with E-state index in [0.29, 0.717) is 23.6 Å². The summed E-state index contributed by atoms with van der Waals surface area (Å²) >= 11 is 0. The lowest BCUT2D eigenvalue weighted by atomic mass is 10.2. The van der Waals surface area contributed by atoms with Crippen LogP contribution in [0.4, 0.5) is 0 Å². The Balaban J connectivity index is 2.36. The van der Waals surface area contributed by atoms with Crippen LogP contribution in [0, 0.1) is 0 Å². The number of carboxylic acid groups (broad SMARTS) is 1. The highest BCUT2D eigenvalue weighted by atomic mass is 16.5. The van der Waals surface area contributed by atoms with E-state index in [-0.39, 0.29) is 5.69 Å².